The molecule has 0 aromatic carbocycles. The number of nitrogens with two attached hydrogens (primary N) is 1. The van der Waals surface area contributed by atoms with Gasteiger partial charge in [-0.25, -0.2) is 4.79 Å². The fourth-order valence-electron chi connectivity index (χ4n) is 4.90. The van der Waals surface area contributed by atoms with Crippen LogP contribution < -0.4 is 16.4 Å². The van der Waals surface area contributed by atoms with Gasteiger partial charge in [0.1, 0.15) is 12.1 Å². The van der Waals surface area contributed by atoms with Crippen molar-refractivity contribution in [3.05, 3.63) is 0 Å². The van der Waals surface area contributed by atoms with Crippen LogP contribution in [-0.2, 0) is 14.3 Å². The third-order valence-corrected chi connectivity index (χ3v) is 8.23. The fourth-order valence-corrected chi connectivity index (χ4v) is 5.97. The van der Waals surface area contributed by atoms with E-state index < -0.39 is 22.9 Å². The fraction of sp³-hybridized carbons (Fsp3) is 0.840. The molecule has 10 heteroatoms. The maximum atomic E-state index is 13.7. The lowest BCUT2D eigenvalue weighted by molar-refractivity contribution is -0.140. The molecule has 2 rings (SSSR count). The van der Waals surface area contributed by atoms with Gasteiger partial charge in [0.15, 0.2) is 0 Å². The normalized spacial score (nSPS) is 23.6. The predicted octanol–water partition coefficient (Wildman–Crippen LogP) is 3.12. The summed E-state index contributed by atoms with van der Waals surface area (Å²) in [5.74, 6) is 1.39. The zero-order valence-electron chi connectivity index (χ0n) is 22.0. The van der Waals surface area contributed by atoms with Crippen molar-refractivity contribution in [3.8, 4) is 0 Å². The highest BCUT2D eigenvalue weighted by atomic mass is 32.2. The summed E-state index contributed by atoms with van der Waals surface area (Å²) in [7, 11) is 0. The van der Waals surface area contributed by atoms with Gasteiger partial charge in [-0.05, 0) is 70.0 Å². The van der Waals surface area contributed by atoms with Crippen molar-refractivity contribution < 1.29 is 19.1 Å². The van der Waals surface area contributed by atoms with Crippen molar-refractivity contribution in [3.63, 3.8) is 0 Å². The molecular weight excluding hydrogens is 466 g/mol. The molecule has 1 saturated heterocycles. The first-order valence-electron chi connectivity index (χ1n) is 13.0. The molecule has 9 nitrogen and oxygen atoms in total. The van der Waals surface area contributed by atoms with E-state index in [-0.39, 0.29) is 36.1 Å². The van der Waals surface area contributed by atoms with Gasteiger partial charge in [-0.1, -0.05) is 20.8 Å². The quantitative estimate of drug-likeness (QED) is 0.248. The molecule has 5 N–H and O–H groups in total. The first-order valence-corrected chi connectivity index (χ1v) is 13.9. The molecule has 0 unspecified atom stereocenters. The van der Waals surface area contributed by atoms with E-state index in [4.69, 9.17) is 15.9 Å². The van der Waals surface area contributed by atoms with E-state index >= 15 is 0 Å². The first-order chi connectivity index (χ1) is 16.5. The summed E-state index contributed by atoms with van der Waals surface area (Å²) in [6.07, 6.45) is 4.39. The molecule has 0 aromatic heterocycles. The zero-order valence-corrected chi connectivity index (χ0v) is 22.8. The van der Waals surface area contributed by atoms with Gasteiger partial charge in [0.2, 0.25) is 11.8 Å². The number of likely N-dealkylation sites (tertiary alicyclic amines) is 1. The summed E-state index contributed by atoms with van der Waals surface area (Å²) in [6, 6.07) is -1.34. The molecular formula is C25H45N5O4S. The Labute approximate surface area is 214 Å². The van der Waals surface area contributed by atoms with Crippen LogP contribution in [0.4, 0.5) is 4.79 Å². The van der Waals surface area contributed by atoms with Gasteiger partial charge in [-0.3, -0.25) is 15.0 Å². The van der Waals surface area contributed by atoms with Gasteiger partial charge < -0.3 is 26.0 Å². The Bertz CT molecular complexity index is 752. The summed E-state index contributed by atoms with van der Waals surface area (Å²) < 4.78 is 4.72. The number of nitrogens with one attached hydrogen (secondary N) is 3. The molecule has 2 fully saturated rings. The molecule has 0 radical (unpaired) electrons. The Hall–Kier alpha value is -1.97. The number of hydrogen-bond donors (Lipinski definition) is 4. The van der Waals surface area contributed by atoms with Crippen molar-refractivity contribution in [2.75, 3.05) is 25.4 Å². The number of ether oxygens (including phenoxy) is 1. The monoisotopic (exact) mass is 511 g/mol. The van der Waals surface area contributed by atoms with Gasteiger partial charge >= 0.3 is 6.09 Å². The smallest absolute Gasteiger partial charge is 0.407 e. The Morgan fingerprint density at radius 2 is 1.83 bits per heavy atom. The van der Waals surface area contributed by atoms with E-state index in [0.717, 1.165) is 37.9 Å². The molecule has 0 bridgehead atoms. The van der Waals surface area contributed by atoms with Crippen LogP contribution in [0.15, 0.2) is 0 Å². The second-order valence-corrected chi connectivity index (χ2v) is 12.6. The Balaban J connectivity index is 2.02. The number of carbonyl (C=O) groups excluding carboxylic acids is 3. The molecule has 3 amide bonds. The molecule has 1 aliphatic carbocycles. The minimum absolute atomic E-state index is 0.133. The molecule has 0 spiro atoms. The average molecular weight is 512 g/mol. The number of hydrogen-bond acceptors (Lipinski definition) is 6. The summed E-state index contributed by atoms with van der Waals surface area (Å²) in [5, 5.41) is 13.5. The van der Waals surface area contributed by atoms with Crippen molar-refractivity contribution in [1.82, 2.24) is 15.5 Å². The largest absolute Gasteiger partial charge is 0.449 e. The summed E-state index contributed by atoms with van der Waals surface area (Å²) in [5.41, 5.74) is 5.64. The van der Waals surface area contributed by atoms with Gasteiger partial charge in [-0.15, -0.1) is 0 Å². The Morgan fingerprint density at radius 3 is 2.40 bits per heavy atom. The average Bonchev–Trinajstić information content (AvgIpc) is 3.29. The summed E-state index contributed by atoms with van der Waals surface area (Å²) in [6.45, 7) is 11.1. The van der Waals surface area contributed by atoms with Crippen LogP contribution in [0.2, 0.25) is 0 Å². The van der Waals surface area contributed by atoms with Crippen molar-refractivity contribution >= 4 is 35.5 Å². The molecule has 2 aliphatic rings. The van der Waals surface area contributed by atoms with Crippen LogP contribution in [0.5, 0.6) is 0 Å². The number of thioether (sulfide) groups is 1. The standard InChI is InChI=1S/C25H45N5O4S/c1-6-35-25(4,5)20(29-24(33)34-15-16(2)3)23(32)30-13-7-8-19(30)22(31)28-14-17-9-11-18(12-10-17)21(26)27/h16-20H,6-15H2,1-5H3,(H3,26,27)(H,28,31)(H,29,33)/t17-,18-,19-,20-/m0/s1. The maximum absolute atomic E-state index is 13.7. The van der Waals surface area contributed by atoms with E-state index in [1.807, 2.05) is 34.6 Å². The molecule has 1 saturated carbocycles. The molecule has 1 heterocycles. The lowest BCUT2D eigenvalue weighted by atomic mass is 9.81. The van der Waals surface area contributed by atoms with Gasteiger partial charge in [-0.2, -0.15) is 11.8 Å². The summed E-state index contributed by atoms with van der Waals surface area (Å²) >= 11 is 1.59. The van der Waals surface area contributed by atoms with Crippen LogP contribution >= 0.6 is 11.8 Å². The third-order valence-electron chi connectivity index (χ3n) is 6.96. The maximum Gasteiger partial charge on any atom is 0.407 e. The molecule has 35 heavy (non-hydrogen) atoms. The molecule has 2 atom stereocenters. The van der Waals surface area contributed by atoms with Crippen LogP contribution in [0, 0.1) is 23.2 Å². The van der Waals surface area contributed by atoms with E-state index in [1.165, 1.54) is 0 Å². The van der Waals surface area contributed by atoms with Crippen molar-refractivity contribution in [2.24, 2.45) is 23.5 Å². The van der Waals surface area contributed by atoms with Crippen LogP contribution in [0.25, 0.3) is 0 Å². The number of nitrogens with zero attached hydrogens (tertiary/aromatic N) is 1. The second kappa shape index (κ2) is 13.4. The number of alkyl carbamates (subject to hydrolysis) is 1. The van der Waals surface area contributed by atoms with Crippen molar-refractivity contribution in [1.29, 1.82) is 5.41 Å². The first kappa shape index (κ1) is 29.3. The predicted molar refractivity (Wildman–Crippen MR) is 140 cm³/mol. The van der Waals surface area contributed by atoms with E-state index in [1.54, 1.807) is 16.7 Å². The Morgan fingerprint density at radius 1 is 1.17 bits per heavy atom. The van der Waals surface area contributed by atoms with Crippen LogP contribution in [-0.4, -0.2) is 70.9 Å². The van der Waals surface area contributed by atoms with Crippen LogP contribution in [0.1, 0.15) is 73.1 Å². The zero-order chi connectivity index (χ0) is 26.2. The lowest BCUT2D eigenvalue weighted by Gasteiger charge is -2.37. The second-order valence-electron chi connectivity index (χ2n) is 10.7. The number of amides is 3. The minimum Gasteiger partial charge on any atom is -0.449 e. The van der Waals surface area contributed by atoms with Gasteiger partial charge in [0.25, 0.3) is 0 Å². The highest BCUT2D eigenvalue weighted by Crippen LogP contribution is 2.31. The van der Waals surface area contributed by atoms with E-state index in [9.17, 15) is 14.4 Å². The Kier molecular flexibility index (Phi) is 11.2. The van der Waals surface area contributed by atoms with E-state index in [0.29, 0.717) is 25.4 Å². The minimum atomic E-state index is -0.803. The third kappa shape index (κ3) is 8.58. The molecule has 200 valence electrons. The SMILES string of the molecule is CCSC(C)(C)[C@@H](NC(=O)OCC(C)C)C(=O)N1CCC[C@H]1C(=O)NC[C@H]1CC[C@H](C(=N)N)CC1. The van der Waals surface area contributed by atoms with Crippen molar-refractivity contribution in [2.45, 2.75) is 90.0 Å². The molecule has 0 aromatic rings. The highest BCUT2D eigenvalue weighted by molar-refractivity contribution is 8.00. The molecule has 1 aliphatic heterocycles. The number of amidine groups is 1. The summed E-state index contributed by atoms with van der Waals surface area (Å²) in [4.78, 5) is 40.9. The van der Waals surface area contributed by atoms with E-state index in [2.05, 4.69) is 10.6 Å². The van der Waals surface area contributed by atoms with Crippen LogP contribution in [0.3, 0.4) is 0 Å². The lowest BCUT2D eigenvalue weighted by Crippen LogP contribution is -2.60. The highest BCUT2D eigenvalue weighted by Gasteiger charge is 2.44. The number of carbonyl (C=O) groups is 3. The topological polar surface area (TPSA) is 138 Å². The number of rotatable bonds is 11. The van der Waals surface area contributed by atoms with Gasteiger partial charge in [0.05, 0.1) is 12.4 Å². The van der Waals surface area contributed by atoms with Gasteiger partial charge in [0, 0.05) is 23.8 Å².